The summed E-state index contributed by atoms with van der Waals surface area (Å²) >= 11 is 0. The van der Waals surface area contributed by atoms with Crippen molar-refractivity contribution in [2.24, 2.45) is 0 Å². The van der Waals surface area contributed by atoms with Gasteiger partial charge >= 0.3 is 5.97 Å². The van der Waals surface area contributed by atoms with Gasteiger partial charge in [0.05, 0.1) is 5.92 Å². The number of carboxylic acids is 1. The topological polar surface area (TPSA) is 104 Å². The summed E-state index contributed by atoms with van der Waals surface area (Å²) < 4.78 is 38.1. The minimum atomic E-state index is -3.74. The van der Waals surface area contributed by atoms with E-state index in [1.165, 1.54) is 12.1 Å². The third kappa shape index (κ3) is 5.57. The number of hydrogen-bond acceptors (Lipinski definition) is 4. The number of nitrogens with one attached hydrogen (secondary N) is 1. The van der Waals surface area contributed by atoms with Gasteiger partial charge in [0.2, 0.25) is 15.9 Å². The molecule has 2 N–H and O–H groups in total. The number of carboxylic acid groups (broad SMARTS) is 1. The van der Waals surface area contributed by atoms with Crippen LogP contribution in [-0.2, 0) is 19.6 Å². The summed E-state index contributed by atoms with van der Waals surface area (Å²) in [5, 5.41) is 11.6. The van der Waals surface area contributed by atoms with Crippen molar-refractivity contribution in [2.75, 3.05) is 25.4 Å². The lowest BCUT2D eigenvalue weighted by molar-refractivity contribution is -0.138. The van der Waals surface area contributed by atoms with Crippen LogP contribution in [0.1, 0.15) is 25.3 Å². The van der Waals surface area contributed by atoms with Gasteiger partial charge in [0, 0.05) is 19.6 Å². The Morgan fingerprint density at radius 3 is 2.21 bits per heavy atom. The first-order valence-electron chi connectivity index (χ1n) is 7.44. The van der Waals surface area contributed by atoms with Crippen LogP contribution in [0.4, 0.5) is 4.39 Å². The van der Waals surface area contributed by atoms with E-state index in [1.807, 2.05) is 0 Å². The van der Waals surface area contributed by atoms with Crippen LogP contribution in [0.5, 0.6) is 0 Å². The predicted octanol–water partition coefficient (Wildman–Crippen LogP) is 0.782. The fourth-order valence-electron chi connectivity index (χ4n) is 2.18. The van der Waals surface area contributed by atoms with Gasteiger partial charge in [-0.25, -0.2) is 17.1 Å². The molecule has 7 nitrogen and oxygen atoms in total. The van der Waals surface area contributed by atoms with E-state index in [2.05, 4.69) is 5.32 Å². The molecule has 0 aliphatic carbocycles. The molecule has 0 fully saturated rings. The summed E-state index contributed by atoms with van der Waals surface area (Å²) in [6.07, 6.45) is 0. The fourth-order valence-corrected chi connectivity index (χ4v) is 3.59. The molecule has 0 aliphatic rings. The fraction of sp³-hybridized carbons (Fsp3) is 0.467. The van der Waals surface area contributed by atoms with Crippen molar-refractivity contribution in [3.63, 3.8) is 0 Å². The molecule has 1 amide bonds. The molecular formula is C15H21FN2O5S. The highest BCUT2D eigenvalue weighted by molar-refractivity contribution is 7.89. The van der Waals surface area contributed by atoms with E-state index in [1.54, 1.807) is 13.8 Å². The van der Waals surface area contributed by atoms with Crippen LogP contribution >= 0.6 is 0 Å². The van der Waals surface area contributed by atoms with Gasteiger partial charge in [-0.05, 0) is 17.7 Å². The zero-order valence-corrected chi connectivity index (χ0v) is 14.3. The lowest BCUT2D eigenvalue weighted by atomic mass is 9.99. The van der Waals surface area contributed by atoms with E-state index in [0.29, 0.717) is 5.56 Å². The van der Waals surface area contributed by atoms with Gasteiger partial charge in [-0.2, -0.15) is 0 Å². The number of sulfonamides is 1. The lowest BCUT2D eigenvalue weighted by Crippen LogP contribution is -2.41. The Bertz CT molecular complexity index is 672. The van der Waals surface area contributed by atoms with Crippen LogP contribution in [0.25, 0.3) is 0 Å². The monoisotopic (exact) mass is 360 g/mol. The average Bonchev–Trinajstić information content (AvgIpc) is 2.49. The quantitative estimate of drug-likeness (QED) is 0.677. The molecule has 1 aromatic rings. The van der Waals surface area contributed by atoms with Crippen LogP contribution in [0.2, 0.25) is 0 Å². The normalized spacial score (nSPS) is 12.8. The zero-order chi connectivity index (χ0) is 18.3. The van der Waals surface area contributed by atoms with Gasteiger partial charge in [0.25, 0.3) is 0 Å². The number of hydrogen-bond donors (Lipinski definition) is 2. The number of benzene rings is 1. The highest BCUT2D eigenvalue weighted by atomic mass is 32.2. The smallest absolute Gasteiger partial charge is 0.312 e. The Morgan fingerprint density at radius 1 is 1.21 bits per heavy atom. The SMILES string of the molecule is CCN(CC)S(=O)(=O)CC(=O)NCC(C(=O)O)c1ccc(F)cc1. The molecule has 0 aromatic heterocycles. The first kappa shape index (κ1) is 20.0. The van der Waals surface area contributed by atoms with Crippen LogP contribution in [0, 0.1) is 5.82 Å². The molecule has 0 bridgehead atoms. The third-order valence-electron chi connectivity index (χ3n) is 3.49. The molecule has 1 atom stereocenters. The maximum atomic E-state index is 12.9. The zero-order valence-electron chi connectivity index (χ0n) is 13.5. The van der Waals surface area contributed by atoms with Gasteiger partial charge in [-0.3, -0.25) is 9.59 Å². The second-order valence-corrected chi connectivity index (χ2v) is 7.06. The Balaban J connectivity index is 2.72. The van der Waals surface area contributed by atoms with Crippen molar-refractivity contribution >= 4 is 21.9 Å². The van der Waals surface area contributed by atoms with Gasteiger partial charge in [-0.1, -0.05) is 26.0 Å². The average molecular weight is 360 g/mol. The molecule has 0 aliphatic heterocycles. The van der Waals surface area contributed by atoms with Crippen LogP contribution in [0.15, 0.2) is 24.3 Å². The lowest BCUT2D eigenvalue weighted by Gasteiger charge is -2.18. The summed E-state index contributed by atoms with van der Waals surface area (Å²) in [7, 11) is -3.74. The Labute approximate surface area is 140 Å². The van der Waals surface area contributed by atoms with Gasteiger partial charge in [0.15, 0.2) is 0 Å². The van der Waals surface area contributed by atoms with Crippen LogP contribution < -0.4 is 5.32 Å². The number of carbonyl (C=O) groups is 2. The molecule has 0 spiro atoms. The number of amides is 1. The summed E-state index contributed by atoms with van der Waals surface area (Å²) in [5.41, 5.74) is 0.316. The maximum Gasteiger partial charge on any atom is 0.312 e. The second kappa shape index (κ2) is 8.74. The molecule has 24 heavy (non-hydrogen) atoms. The second-order valence-electron chi connectivity index (χ2n) is 5.09. The molecule has 9 heteroatoms. The van der Waals surface area contributed by atoms with Crippen molar-refractivity contribution in [3.8, 4) is 0 Å². The van der Waals surface area contributed by atoms with Crippen molar-refractivity contribution in [1.29, 1.82) is 0 Å². The summed E-state index contributed by atoms with van der Waals surface area (Å²) in [6.45, 7) is 3.54. The molecule has 0 radical (unpaired) electrons. The van der Waals surface area contributed by atoms with Gasteiger partial charge in [0.1, 0.15) is 11.6 Å². The maximum absolute atomic E-state index is 12.9. The van der Waals surface area contributed by atoms with E-state index in [-0.39, 0.29) is 19.6 Å². The van der Waals surface area contributed by atoms with E-state index in [4.69, 9.17) is 0 Å². The Hall–Kier alpha value is -2.00. The summed E-state index contributed by atoms with van der Waals surface area (Å²) in [6, 6.07) is 4.87. The first-order chi connectivity index (χ1) is 11.2. The number of halogens is 1. The molecule has 1 unspecified atom stereocenters. The third-order valence-corrected chi connectivity index (χ3v) is 5.42. The Kier molecular flexibility index (Phi) is 7.30. The molecule has 0 heterocycles. The largest absolute Gasteiger partial charge is 0.481 e. The summed E-state index contributed by atoms with van der Waals surface area (Å²) in [4.78, 5) is 23.1. The van der Waals surface area contributed by atoms with E-state index in [0.717, 1.165) is 16.4 Å². The molecule has 0 saturated heterocycles. The van der Waals surface area contributed by atoms with E-state index in [9.17, 15) is 27.5 Å². The minimum absolute atomic E-state index is 0.249. The van der Waals surface area contributed by atoms with Gasteiger partial charge in [-0.15, -0.1) is 0 Å². The molecule has 1 rings (SSSR count). The number of carbonyl (C=O) groups excluding carboxylic acids is 1. The number of nitrogens with zero attached hydrogens (tertiary/aromatic N) is 1. The van der Waals surface area contributed by atoms with Crippen molar-refractivity contribution in [1.82, 2.24) is 9.62 Å². The molecule has 0 saturated carbocycles. The van der Waals surface area contributed by atoms with Gasteiger partial charge < -0.3 is 10.4 Å². The van der Waals surface area contributed by atoms with Crippen LogP contribution in [-0.4, -0.2) is 55.1 Å². The van der Waals surface area contributed by atoms with Crippen molar-refractivity contribution < 1.29 is 27.5 Å². The first-order valence-corrected chi connectivity index (χ1v) is 9.05. The van der Waals surface area contributed by atoms with E-state index >= 15 is 0 Å². The predicted molar refractivity (Wildman–Crippen MR) is 86.5 cm³/mol. The van der Waals surface area contributed by atoms with Crippen molar-refractivity contribution in [3.05, 3.63) is 35.6 Å². The highest BCUT2D eigenvalue weighted by Gasteiger charge is 2.25. The molecular weight excluding hydrogens is 339 g/mol. The van der Waals surface area contributed by atoms with E-state index < -0.39 is 39.4 Å². The van der Waals surface area contributed by atoms with Crippen molar-refractivity contribution in [2.45, 2.75) is 19.8 Å². The van der Waals surface area contributed by atoms with Crippen LogP contribution in [0.3, 0.4) is 0 Å². The number of rotatable bonds is 9. The Morgan fingerprint density at radius 2 is 1.75 bits per heavy atom. The molecule has 134 valence electrons. The minimum Gasteiger partial charge on any atom is -0.481 e. The molecule has 1 aromatic carbocycles. The highest BCUT2D eigenvalue weighted by Crippen LogP contribution is 2.16. The standard InChI is InChI=1S/C15H21FN2O5S/c1-3-18(4-2)24(22,23)10-14(19)17-9-13(15(20)21)11-5-7-12(16)8-6-11/h5-8,13H,3-4,9-10H2,1-2H3,(H,17,19)(H,20,21). The number of aliphatic carboxylic acids is 1. The summed E-state index contributed by atoms with van der Waals surface area (Å²) in [5.74, 6) is -4.32.